The Labute approximate surface area is 145 Å². The molecule has 0 aliphatic rings. The lowest BCUT2D eigenvalue weighted by Gasteiger charge is -2.04. The molecule has 4 nitrogen and oxygen atoms in total. The third kappa shape index (κ3) is 4.06. The maximum absolute atomic E-state index is 12.3. The molecule has 0 spiro atoms. The average molecular weight is 337 g/mol. The number of nitrogens with one attached hydrogen (secondary N) is 1. The largest absolute Gasteiger partial charge is 0.296 e. The van der Waals surface area contributed by atoms with Crippen LogP contribution < -0.4 is 5.32 Å². The van der Waals surface area contributed by atoms with Crippen LogP contribution in [0.5, 0.6) is 0 Å². The smallest absolute Gasteiger partial charge is 0.257 e. The molecular weight excluding hydrogens is 318 g/mol. The molecule has 0 aliphatic heterocycles. The fourth-order valence-electron chi connectivity index (χ4n) is 2.35. The van der Waals surface area contributed by atoms with E-state index in [2.05, 4.69) is 22.4 Å². The maximum Gasteiger partial charge on any atom is 0.257 e. The molecule has 3 rings (SSSR count). The van der Waals surface area contributed by atoms with Gasteiger partial charge >= 0.3 is 0 Å². The highest BCUT2D eigenvalue weighted by molar-refractivity contribution is 7.15. The lowest BCUT2D eigenvalue weighted by molar-refractivity contribution is 0.102. The van der Waals surface area contributed by atoms with Gasteiger partial charge < -0.3 is 0 Å². The zero-order chi connectivity index (χ0) is 16.8. The molecule has 0 saturated carbocycles. The quantitative estimate of drug-likeness (QED) is 0.703. The van der Waals surface area contributed by atoms with Crippen LogP contribution in [0.1, 0.15) is 35.1 Å². The zero-order valence-corrected chi connectivity index (χ0v) is 14.3. The van der Waals surface area contributed by atoms with Crippen molar-refractivity contribution in [2.45, 2.75) is 26.2 Å². The fourth-order valence-corrected chi connectivity index (χ4v) is 3.12. The highest BCUT2D eigenvalue weighted by Crippen LogP contribution is 2.21. The minimum Gasteiger partial charge on any atom is -0.296 e. The first-order chi connectivity index (χ1) is 11.8. The van der Waals surface area contributed by atoms with Crippen LogP contribution in [0, 0.1) is 0 Å². The lowest BCUT2D eigenvalue weighted by atomic mass is 10.0. The van der Waals surface area contributed by atoms with Gasteiger partial charge in [0.05, 0.1) is 0 Å². The predicted octanol–water partition coefficient (Wildman–Crippen LogP) is 4.80. The first-order valence-corrected chi connectivity index (χ1v) is 8.87. The van der Waals surface area contributed by atoms with Gasteiger partial charge in [-0.3, -0.25) is 10.1 Å². The number of nitrogens with zero attached hydrogens (tertiary/aromatic N) is 2. The van der Waals surface area contributed by atoms with Crippen LogP contribution in [0.3, 0.4) is 0 Å². The molecule has 122 valence electrons. The molecular formula is C19H19N3OS. The van der Waals surface area contributed by atoms with Crippen molar-refractivity contribution in [2.24, 2.45) is 0 Å². The molecule has 0 aliphatic carbocycles. The van der Waals surface area contributed by atoms with Crippen LogP contribution in [-0.4, -0.2) is 16.1 Å². The van der Waals surface area contributed by atoms with E-state index in [9.17, 15) is 4.79 Å². The van der Waals surface area contributed by atoms with E-state index in [1.54, 1.807) is 0 Å². The van der Waals surface area contributed by atoms with E-state index in [4.69, 9.17) is 0 Å². The van der Waals surface area contributed by atoms with E-state index in [-0.39, 0.29) is 5.91 Å². The van der Waals surface area contributed by atoms with Crippen LogP contribution in [0.25, 0.3) is 11.1 Å². The summed E-state index contributed by atoms with van der Waals surface area (Å²) < 4.78 is 0. The number of benzene rings is 2. The minimum absolute atomic E-state index is 0.159. The summed E-state index contributed by atoms with van der Waals surface area (Å²) in [6.07, 6.45) is 3.12. The average Bonchev–Trinajstić information content (AvgIpc) is 3.08. The van der Waals surface area contributed by atoms with Gasteiger partial charge in [0, 0.05) is 12.0 Å². The Morgan fingerprint density at radius 1 is 1.00 bits per heavy atom. The van der Waals surface area contributed by atoms with Gasteiger partial charge in [-0.2, -0.15) is 0 Å². The molecule has 0 unspecified atom stereocenters. The summed E-state index contributed by atoms with van der Waals surface area (Å²) in [5.41, 5.74) is 2.83. The number of aromatic nitrogens is 2. The molecule has 0 radical (unpaired) electrons. The third-order valence-corrected chi connectivity index (χ3v) is 4.58. The monoisotopic (exact) mass is 337 g/mol. The van der Waals surface area contributed by atoms with Gasteiger partial charge in [-0.1, -0.05) is 67.1 Å². The second-order valence-electron chi connectivity index (χ2n) is 5.50. The molecule has 0 bridgehead atoms. The molecule has 1 N–H and O–H groups in total. The molecule has 1 heterocycles. The number of aryl methyl sites for hydroxylation is 1. The zero-order valence-electron chi connectivity index (χ0n) is 13.5. The van der Waals surface area contributed by atoms with Crippen molar-refractivity contribution in [1.82, 2.24) is 10.2 Å². The summed E-state index contributed by atoms with van der Waals surface area (Å²) in [5, 5.41) is 12.5. The summed E-state index contributed by atoms with van der Waals surface area (Å²) in [5.74, 6) is -0.159. The first-order valence-electron chi connectivity index (χ1n) is 8.05. The van der Waals surface area contributed by atoms with Crippen molar-refractivity contribution in [3.63, 3.8) is 0 Å². The summed E-state index contributed by atoms with van der Waals surface area (Å²) in [4.78, 5) is 12.3. The predicted molar refractivity (Wildman–Crippen MR) is 98.4 cm³/mol. The topological polar surface area (TPSA) is 54.9 Å². The van der Waals surface area contributed by atoms with E-state index in [0.717, 1.165) is 35.4 Å². The molecule has 1 aromatic heterocycles. The number of carbonyl (C=O) groups is 1. The highest BCUT2D eigenvalue weighted by atomic mass is 32.1. The van der Waals surface area contributed by atoms with Crippen LogP contribution in [0.4, 0.5) is 5.13 Å². The third-order valence-electron chi connectivity index (χ3n) is 3.69. The number of anilines is 1. The van der Waals surface area contributed by atoms with E-state index >= 15 is 0 Å². The molecule has 2 aromatic carbocycles. The van der Waals surface area contributed by atoms with Crippen LogP contribution in [-0.2, 0) is 6.42 Å². The standard InChI is InChI=1S/C19H19N3OS/c1-2-3-9-17-21-22-19(24-17)20-18(23)16-12-10-15(11-13-16)14-7-5-4-6-8-14/h4-8,10-13H,2-3,9H2,1H3,(H,20,22,23). The summed E-state index contributed by atoms with van der Waals surface area (Å²) in [6.45, 7) is 2.14. The van der Waals surface area contributed by atoms with Crippen molar-refractivity contribution in [3.8, 4) is 11.1 Å². The second kappa shape index (κ2) is 7.84. The number of hydrogen-bond acceptors (Lipinski definition) is 4. The first kappa shape index (κ1) is 16.3. The maximum atomic E-state index is 12.3. The summed E-state index contributed by atoms with van der Waals surface area (Å²) >= 11 is 1.44. The number of rotatable bonds is 6. The molecule has 3 aromatic rings. The normalized spacial score (nSPS) is 10.5. The number of amides is 1. The van der Waals surface area contributed by atoms with E-state index < -0.39 is 0 Å². The van der Waals surface area contributed by atoms with Crippen molar-refractivity contribution in [3.05, 3.63) is 65.2 Å². The number of unbranched alkanes of at least 4 members (excludes halogenated alkanes) is 1. The van der Waals surface area contributed by atoms with Gasteiger partial charge in [0.15, 0.2) is 0 Å². The summed E-state index contributed by atoms with van der Waals surface area (Å²) in [7, 11) is 0. The SMILES string of the molecule is CCCCc1nnc(NC(=O)c2ccc(-c3ccccc3)cc2)s1. The number of carbonyl (C=O) groups excluding carboxylic acids is 1. The van der Waals surface area contributed by atoms with Crippen LogP contribution >= 0.6 is 11.3 Å². The minimum atomic E-state index is -0.159. The van der Waals surface area contributed by atoms with Gasteiger partial charge in [0.1, 0.15) is 5.01 Å². The fraction of sp³-hybridized carbons (Fsp3) is 0.211. The molecule has 24 heavy (non-hydrogen) atoms. The molecule has 0 atom stereocenters. The summed E-state index contributed by atoms with van der Waals surface area (Å²) in [6, 6.07) is 17.7. The Morgan fingerprint density at radius 2 is 1.71 bits per heavy atom. The van der Waals surface area contributed by atoms with Crippen molar-refractivity contribution in [2.75, 3.05) is 5.32 Å². The van der Waals surface area contributed by atoms with Crippen molar-refractivity contribution in [1.29, 1.82) is 0 Å². The van der Waals surface area contributed by atoms with E-state index in [1.165, 1.54) is 11.3 Å². The Kier molecular flexibility index (Phi) is 5.33. The van der Waals surface area contributed by atoms with Crippen LogP contribution in [0.2, 0.25) is 0 Å². The molecule has 5 heteroatoms. The number of hydrogen-bond donors (Lipinski definition) is 1. The Morgan fingerprint density at radius 3 is 2.42 bits per heavy atom. The van der Waals surface area contributed by atoms with Crippen molar-refractivity contribution >= 4 is 22.4 Å². The van der Waals surface area contributed by atoms with Gasteiger partial charge in [-0.15, -0.1) is 10.2 Å². The molecule has 0 saturated heterocycles. The van der Waals surface area contributed by atoms with E-state index in [0.29, 0.717) is 10.7 Å². The Balaban J connectivity index is 1.66. The van der Waals surface area contributed by atoms with Gasteiger partial charge in [-0.25, -0.2) is 0 Å². The lowest BCUT2D eigenvalue weighted by Crippen LogP contribution is -2.11. The highest BCUT2D eigenvalue weighted by Gasteiger charge is 2.10. The van der Waals surface area contributed by atoms with Gasteiger partial charge in [0.25, 0.3) is 5.91 Å². The Bertz CT molecular complexity index is 797. The van der Waals surface area contributed by atoms with Crippen molar-refractivity contribution < 1.29 is 4.79 Å². The van der Waals surface area contributed by atoms with Crippen LogP contribution in [0.15, 0.2) is 54.6 Å². The van der Waals surface area contributed by atoms with E-state index in [1.807, 2.05) is 54.6 Å². The molecule has 1 amide bonds. The van der Waals surface area contributed by atoms with Gasteiger partial charge in [-0.05, 0) is 29.7 Å². The van der Waals surface area contributed by atoms with Gasteiger partial charge in [0.2, 0.25) is 5.13 Å². The Hall–Kier alpha value is -2.53. The molecule has 0 fully saturated rings. The second-order valence-corrected chi connectivity index (χ2v) is 6.56.